The van der Waals surface area contributed by atoms with Crippen molar-refractivity contribution in [3.63, 3.8) is 0 Å². The predicted octanol–water partition coefficient (Wildman–Crippen LogP) is 4.49. The zero-order chi connectivity index (χ0) is 17.8. The number of carbonyl (C=O) groups excluding carboxylic acids is 1. The Hall–Kier alpha value is -2.12. The van der Waals surface area contributed by atoms with Crippen LogP contribution in [0, 0.1) is 0 Å². The predicted molar refractivity (Wildman–Crippen MR) is 101 cm³/mol. The van der Waals surface area contributed by atoms with E-state index in [0.717, 1.165) is 15.6 Å². The SMILES string of the molecule is CN(C)C(=O)c1ccc(CSc2nnc(-c3ccccc3Br)o2)cc1. The highest BCUT2D eigenvalue weighted by Gasteiger charge is 2.12. The summed E-state index contributed by atoms with van der Waals surface area (Å²) >= 11 is 4.95. The number of carbonyl (C=O) groups is 1. The average molecular weight is 418 g/mol. The monoisotopic (exact) mass is 417 g/mol. The van der Waals surface area contributed by atoms with Crippen LogP contribution >= 0.6 is 27.7 Å². The maximum atomic E-state index is 11.9. The van der Waals surface area contributed by atoms with Gasteiger partial charge in [-0.2, -0.15) is 0 Å². The van der Waals surface area contributed by atoms with Crippen molar-refractivity contribution in [2.45, 2.75) is 11.0 Å². The van der Waals surface area contributed by atoms with Crippen LogP contribution in [0.3, 0.4) is 0 Å². The van der Waals surface area contributed by atoms with Crippen LogP contribution in [-0.4, -0.2) is 35.1 Å². The van der Waals surface area contributed by atoms with Crippen molar-refractivity contribution in [3.05, 3.63) is 64.1 Å². The van der Waals surface area contributed by atoms with E-state index < -0.39 is 0 Å². The van der Waals surface area contributed by atoms with Crippen LogP contribution in [0.25, 0.3) is 11.5 Å². The summed E-state index contributed by atoms with van der Waals surface area (Å²) in [5, 5.41) is 8.69. The third-order valence-electron chi connectivity index (χ3n) is 3.48. The summed E-state index contributed by atoms with van der Waals surface area (Å²) in [7, 11) is 3.48. The molecule has 0 saturated carbocycles. The van der Waals surface area contributed by atoms with Crippen molar-refractivity contribution >= 4 is 33.6 Å². The van der Waals surface area contributed by atoms with Gasteiger partial charge in [0.25, 0.3) is 11.1 Å². The first-order chi connectivity index (χ1) is 12.0. The van der Waals surface area contributed by atoms with Gasteiger partial charge in [-0.1, -0.05) is 36.0 Å². The number of aromatic nitrogens is 2. The van der Waals surface area contributed by atoms with Gasteiger partial charge in [0.05, 0.1) is 5.56 Å². The van der Waals surface area contributed by atoms with E-state index in [4.69, 9.17) is 4.42 Å². The van der Waals surface area contributed by atoms with Gasteiger partial charge in [0, 0.05) is 29.9 Å². The molecule has 0 radical (unpaired) electrons. The van der Waals surface area contributed by atoms with Gasteiger partial charge < -0.3 is 9.32 Å². The highest BCUT2D eigenvalue weighted by Crippen LogP contribution is 2.30. The van der Waals surface area contributed by atoms with Crippen molar-refractivity contribution in [1.82, 2.24) is 15.1 Å². The fourth-order valence-electron chi connectivity index (χ4n) is 2.16. The molecule has 25 heavy (non-hydrogen) atoms. The Kier molecular flexibility index (Phi) is 5.55. The van der Waals surface area contributed by atoms with Gasteiger partial charge >= 0.3 is 0 Å². The molecule has 3 aromatic rings. The van der Waals surface area contributed by atoms with Gasteiger partial charge in [0.2, 0.25) is 5.89 Å². The number of benzene rings is 2. The summed E-state index contributed by atoms with van der Waals surface area (Å²) in [5.41, 5.74) is 2.63. The van der Waals surface area contributed by atoms with E-state index in [1.807, 2.05) is 48.5 Å². The molecular formula is C18H16BrN3O2S. The van der Waals surface area contributed by atoms with Crippen LogP contribution in [0.2, 0.25) is 0 Å². The number of rotatable bonds is 5. The van der Waals surface area contributed by atoms with Crippen molar-refractivity contribution in [1.29, 1.82) is 0 Å². The van der Waals surface area contributed by atoms with Gasteiger partial charge in [0.15, 0.2) is 0 Å². The van der Waals surface area contributed by atoms with E-state index in [1.165, 1.54) is 11.8 Å². The number of hydrogen-bond donors (Lipinski definition) is 0. The fraction of sp³-hybridized carbons (Fsp3) is 0.167. The highest BCUT2D eigenvalue weighted by atomic mass is 79.9. The minimum absolute atomic E-state index is 0.00539. The lowest BCUT2D eigenvalue weighted by Crippen LogP contribution is -2.21. The average Bonchev–Trinajstić information content (AvgIpc) is 3.09. The molecule has 1 amide bonds. The molecule has 0 aliphatic rings. The normalized spacial score (nSPS) is 10.7. The largest absolute Gasteiger partial charge is 0.411 e. The van der Waals surface area contributed by atoms with Crippen LogP contribution in [0.5, 0.6) is 0 Å². The zero-order valence-corrected chi connectivity index (χ0v) is 16.2. The Bertz CT molecular complexity index is 878. The Labute approximate surface area is 158 Å². The molecule has 0 aliphatic heterocycles. The molecular weight excluding hydrogens is 402 g/mol. The number of amides is 1. The van der Waals surface area contributed by atoms with Crippen LogP contribution in [0.15, 0.2) is 62.6 Å². The van der Waals surface area contributed by atoms with Crippen LogP contribution in [0.1, 0.15) is 15.9 Å². The molecule has 2 aromatic carbocycles. The number of hydrogen-bond acceptors (Lipinski definition) is 5. The Morgan fingerprint density at radius 3 is 2.52 bits per heavy atom. The minimum atomic E-state index is -0.00539. The summed E-state index contributed by atoms with van der Waals surface area (Å²) in [6.07, 6.45) is 0. The third kappa shape index (κ3) is 4.29. The van der Waals surface area contributed by atoms with Crippen LogP contribution in [-0.2, 0) is 5.75 Å². The number of thioether (sulfide) groups is 1. The number of halogens is 1. The second-order valence-electron chi connectivity index (χ2n) is 5.54. The molecule has 0 atom stereocenters. The molecule has 0 unspecified atom stereocenters. The minimum Gasteiger partial charge on any atom is -0.411 e. The van der Waals surface area contributed by atoms with Gasteiger partial charge in [-0.25, -0.2) is 0 Å². The Balaban J connectivity index is 1.65. The molecule has 3 rings (SSSR count). The first-order valence-corrected chi connectivity index (χ1v) is 9.34. The van der Waals surface area contributed by atoms with E-state index in [0.29, 0.717) is 22.4 Å². The maximum absolute atomic E-state index is 11.9. The first kappa shape index (κ1) is 17.7. The lowest BCUT2D eigenvalue weighted by molar-refractivity contribution is 0.0827. The van der Waals surface area contributed by atoms with Gasteiger partial charge in [-0.05, 0) is 45.8 Å². The van der Waals surface area contributed by atoms with Crippen molar-refractivity contribution in [2.24, 2.45) is 0 Å². The molecule has 128 valence electrons. The van der Waals surface area contributed by atoms with E-state index in [2.05, 4.69) is 26.1 Å². The van der Waals surface area contributed by atoms with Crippen molar-refractivity contribution < 1.29 is 9.21 Å². The van der Waals surface area contributed by atoms with Crippen LogP contribution < -0.4 is 0 Å². The molecule has 7 heteroatoms. The summed E-state index contributed by atoms with van der Waals surface area (Å²) in [6, 6.07) is 15.3. The molecule has 0 aliphatic carbocycles. The molecule has 1 aromatic heterocycles. The van der Waals surface area contributed by atoms with Gasteiger partial charge in [0.1, 0.15) is 0 Å². The van der Waals surface area contributed by atoms with E-state index >= 15 is 0 Å². The van der Waals surface area contributed by atoms with Gasteiger partial charge in [-0.15, -0.1) is 10.2 Å². The number of nitrogens with zero attached hydrogens (tertiary/aromatic N) is 3. The lowest BCUT2D eigenvalue weighted by atomic mass is 10.1. The molecule has 1 heterocycles. The molecule has 0 saturated heterocycles. The summed E-state index contributed by atoms with van der Waals surface area (Å²) in [5.74, 6) is 1.17. The Morgan fingerprint density at radius 2 is 1.84 bits per heavy atom. The second-order valence-corrected chi connectivity index (χ2v) is 7.32. The molecule has 0 spiro atoms. The summed E-state index contributed by atoms with van der Waals surface area (Å²) in [6.45, 7) is 0. The van der Waals surface area contributed by atoms with Gasteiger partial charge in [-0.3, -0.25) is 4.79 Å². The lowest BCUT2D eigenvalue weighted by Gasteiger charge is -2.10. The topological polar surface area (TPSA) is 59.2 Å². The third-order valence-corrected chi connectivity index (χ3v) is 5.06. The molecule has 0 bridgehead atoms. The smallest absolute Gasteiger partial charge is 0.277 e. The summed E-state index contributed by atoms with van der Waals surface area (Å²) < 4.78 is 6.63. The second kappa shape index (κ2) is 7.84. The molecule has 0 fully saturated rings. The van der Waals surface area contributed by atoms with E-state index in [9.17, 15) is 4.79 Å². The zero-order valence-electron chi connectivity index (χ0n) is 13.8. The quantitative estimate of drug-likeness (QED) is 0.572. The standard InChI is InChI=1S/C18H16BrN3O2S/c1-22(2)17(23)13-9-7-12(8-10-13)11-25-18-21-20-16(24-18)14-5-3-4-6-15(14)19/h3-10H,11H2,1-2H3. The van der Waals surface area contributed by atoms with Crippen molar-refractivity contribution in [3.8, 4) is 11.5 Å². The first-order valence-electron chi connectivity index (χ1n) is 7.56. The van der Waals surface area contributed by atoms with E-state index in [-0.39, 0.29) is 5.91 Å². The Morgan fingerprint density at radius 1 is 1.12 bits per heavy atom. The fourth-order valence-corrected chi connectivity index (χ4v) is 3.33. The van der Waals surface area contributed by atoms with Crippen LogP contribution in [0.4, 0.5) is 0 Å². The summed E-state index contributed by atoms with van der Waals surface area (Å²) in [4.78, 5) is 13.4. The molecule has 5 nitrogen and oxygen atoms in total. The maximum Gasteiger partial charge on any atom is 0.277 e. The highest BCUT2D eigenvalue weighted by molar-refractivity contribution is 9.10. The van der Waals surface area contributed by atoms with Crippen molar-refractivity contribution in [2.75, 3.05) is 14.1 Å². The van der Waals surface area contributed by atoms with E-state index in [1.54, 1.807) is 19.0 Å². The molecule has 0 N–H and O–H groups in total.